The number of anilines is 1. The first kappa shape index (κ1) is 17.3. The van der Waals surface area contributed by atoms with Gasteiger partial charge < -0.3 is 9.64 Å². The van der Waals surface area contributed by atoms with Crippen molar-refractivity contribution in [2.24, 2.45) is 4.99 Å². The molecule has 0 spiro atoms. The molecule has 0 amide bonds. The van der Waals surface area contributed by atoms with Crippen molar-refractivity contribution >= 4 is 29.2 Å². The predicted molar refractivity (Wildman–Crippen MR) is 110 cm³/mol. The minimum atomic E-state index is -0.00493. The zero-order chi connectivity index (χ0) is 18.6. The van der Waals surface area contributed by atoms with E-state index < -0.39 is 0 Å². The van der Waals surface area contributed by atoms with Crippen LogP contribution in [0.3, 0.4) is 0 Å². The largest absolute Gasteiger partial charge is 0.497 e. The van der Waals surface area contributed by atoms with Crippen LogP contribution in [0.25, 0.3) is 12.2 Å². The lowest BCUT2D eigenvalue weighted by molar-refractivity contribution is 0.414. The van der Waals surface area contributed by atoms with E-state index in [1.165, 1.54) is 11.3 Å². The first-order chi connectivity index (χ1) is 13.2. The van der Waals surface area contributed by atoms with Crippen molar-refractivity contribution in [3.8, 4) is 5.75 Å². The molecule has 0 fully saturated rings. The highest BCUT2D eigenvalue weighted by molar-refractivity contribution is 7.07. The Morgan fingerprint density at radius 1 is 1.11 bits per heavy atom. The third kappa shape index (κ3) is 3.71. The summed E-state index contributed by atoms with van der Waals surface area (Å²) in [7, 11) is 1.65. The molecule has 1 aromatic heterocycles. The molecular weight excluding hydrogens is 358 g/mol. The van der Waals surface area contributed by atoms with Crippen molar-refractivity contribution in [2.75, 3.05) is 18.7 Å². The van der Waals surface area contributed by atoms with Gasteiger partial charge >= 0.3 is 0 Å². The van der Waals surface area contributed by atoms with Gasteiger partial charge in [-0.25, -0.2) is 4.99 Å². The molecule has 6 heteroatoms. The normalized spacial score (nSPS) is 14.3. The Kier molecular flexibility index (Phi) is 4.89. The molecule has 3 aromatic rings. The van der Waals surface area contributed by atoms with E-state index in [9.17, 15) is 4.79 Å². The number of allylic oxidation sites excluding steroid dienone is 1. The van der Waals surface area contributed by atoms with Gasteiger partial charge in [-0.05, 0) is 35.9 Å². The Balaban J connectivity index is 1.59. The highest BCUT2D eigenvalue weighted by atomic mass is 32.1. The quantitative estimate of drug-likeness (QED) is 0.702. The van der Waals surface area contributed by atoms with Crippen LogP contribution in [0.15, 0.2) is 70.5 Å². The summed E-state index contributed by atoms with van der Waals surface area (Å²) in [6.45, 7) is 1.03. The van der Waals surface area contributed by atoms with Crippen molar-refractivity contribution < 1.29 is 4.74 Å². The standard InChI is InChI=1S/C21H19N3O2S/c1-26-18-12-10-17(11-13-18)23-14-22-21-24(15-23)20(25)19(27-21)9-5-8-16-6-3-2-4-7-16/h2-13H,14-15H2,1H3/b8-5+,19-9-. The van der Waals surface area contributed by atoms with Crippen LogP contribution in [0, 0.1) is 0 Å². The Hall–Kier alpha value is -3.12. The van der Waals surface area contributed by atoms with E-state index in [2.05, 4.69) is 9.89 Å². The minimum absolute atomic E-state index is 0.00493. The summed E-state index contributed by atoms with van der Waals surface area (Å²) in [6.07, 6.45) is 5.76. The van der Waals surface area contributed by atoms with Crippen molar-refractivity contribution in [3.63, 3.8) is 0 Å². The van der Waals surface area contributed by atoms with Crippen molar-refractivity contribution in [1.29, 1.82) is 0 Å². The lowest BCUT2D eigenvalue weighted by Gasteiger charge is -2.25. The van der Waals surface area contributed by atoms with E-state index >= 15 is 0 Å². The van der Waals surface area contributed by atoms with Crippen molar-refractivity contribution in [2.45, 2.75) is 6.67 Å². The van der Waals surface area contributed by atoms with Crippen LogP contribution in [0.5, 0.6) is 5.75 Å². The van der Waals surface area contributed by atoms with Crippen LogP contribution in [0.4, 0.5) is 5.69 Å². The Bertz CT molecular complexity index is 1130. The monoisotopic (exact) mass is 377 g/mol. The molecule has 0 saturated carbocycles. The van der Waals surface area contributed by atoms with Crippen LogP contribution in [0.1, 0.15) is 5.56 Å². The van der Waals surface area contributed by atoms with Gasteiger partial charge in [0.2, 0.25) is 0 Å². The van der Waals surface area contributed by atoms with Crippen LogP contribution in [0.2, 0.25) is 0 Å². The number of hydrogen-bond donors (Lipinski definition) is 0. The average molecular weight is 377 g/mol. The van der Waals surface area contributed by atoms with Crippen LogP contribution in [-0.4, -0.2) is 18.3 Å². The van der Waals surface area contributed by atoms with Crippen molar-refractivity contribution in [1.82, 2.24) is 4.57 Å². The molecular formula is C21H19N3O2S. The maximum Gasteiger partial charge on any atom is 0.271 e. The number of aromatic nitrogens is 1. The molecule has 5 nitrogen and oxygen atoms in total. The molecule has 0 aliphatic carbocycles. The van der Waals surface area contributed by atoms with E-state index in [0.717, 1.165) is 21.8 Å². The first-order valence-corrected chi connectivity index (χ1v) is 9.43. The number of methoxy groups -OCH3 is 1. The summed E-state index contributed by atoms with van der Waals surface area (Å²) in [5, 5.41) is 0. The average Bonchev–Trinajstić information content (AvgIpc) is 3.04. The third-order valence-electron chi connectivity index (χ3n) is 4.35. The predicted octanol–water partition coefficient (Wildman–Crippen LogP) is 2.47. The number of hydrogen-bond acceptors (Lipinski definition) is 5. The molecule has 1 aliphatic rings. The molecule has 2 heterocycles. The number of thiazole rings is 1. The topological polar surface area (TPSA) is 46.8 Å². The van der Waals surface area contributed by atoms with Gasteiger partial charge in [0, 0.05) is 5.69 Å². The summed E-state index contributed by atoms with van der Waals surface area (Å²) in [6, 6.07) is 17.8. The molecule has 0 bridgehead atoms. The molecule has 1 aliphatic heterocycles. The molecule has 136 valence electrons. The molecule has 0 atom stereocenters. The lowest BCUT2D eigenvalue weighted by Crippen LogP contribution is -2.42. The number of rotatable bonds is 4. The van der Waals surface area contributed by atoms with Gasteiger partial charge in [-0.3, -0.25) is 9.36 Å². The van der Waals surface area contributed by atoms with Gasteiger partial charge in [-0.1, -0.05) is 53.8 Å². The zero-order valence-electron chi connectivity index (χ0n) is 14.9. The van der Waals surface area contributed by atoms with E-state index in [-0.39, 0.29) is 5.56 Å². The molecule has 0 radical (unpaired) electrons. The van der Waals surface area contributed by atoms with Gasteiger partial charge in [0.25, 0.3) is 5.56 Å². The summed E-state index contributed by atoms with van der Waals surface area (Å²) in [5.74, 6) is 0.808. The van der Waals surface area contributed by atoms with Gasteiger partial charge in [0.15, 0.2) is 4.80 Å². The van der Waals surface area contributed by atoms with E-state index in [1.807, 2.05) is 72.8 Å². The molecule has 0 N–H and O–H groups in total. The summed E-state index contributed by atoms with van der Waals surface area (Å²) in [5.41, 5.74) is 2.11. The van der Waals surface area contributed by atoms with Crippen LogP contribution >= 0.6 is 11.3 Å². The second kappa shape index (κ2) is 7.63. The first-order valence-electron chi connectivity index (χ1n) is 8.61. The Morgan fingerprint density at radius 2 is 1.89 bits per heavy atom. The fourth-order valence-corrected chi connectivity index (χ4v) is 3.81. The Labute approximate surface area is 160 Å². The summed E-state index contributed by atoms with van der Waals surface area (Å²) < 4.78 is 7.61. The number of nitrogens with zero attached hydrogens (tertiary/aromatic N) is 3. The second-order valence-corrected chi connectivity index (χ2v) is 7.11. The van der Waals surface area contributed by atoms with Gasteiger partial charge in [0.05, 0.1) is 11.6 Å². The van der Waals surface area contributed by atoms with Gasteiger partial charge in [-0.15, -0.1) is 0 Å². The van der Waals surface area contributed by atoms with E-state index in [4.69, 9.17) is 4.74 Å². The molecule has 4 rings (SSSR count). The fourth-order valence-electron chi connectivity index (χ4n) is 2.89. The second-order valence-electron chi connectivity index (χ2n) is 6.10. The maximum atomic E-state index is 12.7. The minimum Gasteiger partial charge on any atom is -0.497 e. The highest BCUT2D eigenvalue weighted by Gasteiger charge is 2.15. The smallest absolute Gasteiger partial charge is 0.271 e. The van der Waals surface area contributed by atoms with Crippen LogP contribution < -0.4 is 24.5 Å². The molecule has 27 heavy (non-hydrogen) atoms. The van der Waals surface area contributed by atoms with Gasteiger partial charge in [0.1, 0.15) is 19.1 Å². The van der Waals surface area contributed by atoms with Crippen molar-refractivity contribution in [3.05, 3.63) is 85.9 Å². The zero-order valence-corrected chi connectivity index (χ0v) is 15.7. The number of ether oxygens (including phenoxy) is 1. The number of benzene rings is 2. The SMILES string of the molecule is COc1ccc(N2CN=c3s/c(=C\C=C\c4ccccc4)c(=O)n3C2)cc1. The fraction of sp³-hybridized carbons (Fsp3) is 0.143. The Morgan fingerprint density at radius 3 is 2.63 bits per heavy atom. The molecule has 0 saturated heterocycles. The molecule has 2 aromatic carbocycles. The van der Waals surface area contributed by atoms with Crippen LogP contribution in [-0.2, 0) is 6.67 Å². The lowest BCUT2D eigenvalue weighted by atomic mass is 10.2. The van der Waals surface area contributed by atoms with E-state index in [0.29, 0.717) is 17.9 Å². The highest BCUT2D eigenvalue weighted by Crippen LogP contribution is 2.20. The molecule has 0 unspecified atom stereocenters. The number of fused-ring (bicyclic) bond motifs is 1. The van der Waals surface area contributed by atoms with Gasteiger partial charge in [-0.2, -0.15) is 0 Å². The van der Waals surface area contributed by atoms with E-state index in [1.54, 1.807) is 11.7 Å². The third-order valence-corrected chi connectivity index (χ3v) is 5.41. The summed E-state index contributed by atoms with van der Waals surface area (Å²) >= 11 is 1.43. The summed E-state index contributed by atoms with van der Waals surface area (Å²) in [4.78, 5) is 20.1. The maximum absolute atomic E-state index is 12.7.